The highest BCUT2D eigenvalue weighted by atomic mass is 16.4. The lowest BCUT2D eigenvalue weighted by Crippen LogP contribution is -2.44. The van der Waals surface area contributed by atoms with Crippen LogP contribution >= 0.6 is 0 Å². The highest BCUT2D eigenvalue weighted by Gasteiger charge is 2.27. The summed E-state index contributed by atoms with van der Waals surface area (Å²) in [7, 11) is 0. The average Bonchev–Trinajstić information content (AvgIpc) is 2.63. The first-order valence-electron chi connectivity index (χ1n) is 8.42. The van der Waals surface area contributed by atoms with Crippen molar-refractivity contribution in [1.82, 2.24) is 15.3 Å². The predicted molar refractivity (Wildman–Crippen MR) is 89.6 cm³/mol. The Balaban J connectivity index is 2.63. The van der Waals surface area contributed by atoms with Gasteiger partial charge in [0.15, 0.2) is 0 Å². The number of unbranched alkanes of at least 4 members (excludes halogenated alkanes) is 1. The van der Waals surface area contributed by atoms with Crippen molar-refractivity contribution in [2.45, 2.75) is 56.6 Å². The third kappa shape index (κ3) is 6.90. The standard InChI is InChI=1S/C16H29N3O6/c1-2-3-4-17-12(8-20)13(22)5-10-6-19-11(7-18-10)15(24)16(25)14(23)9-21/h6-7,12-17,20-25H,2-5,8-9H2,1H3/t12-,13+,14+,15+,16+/m0/s1. The summed E-state index contributed by atoms with van der Waals surface area (Å²) in [6, 6.07) is -0.472. The molecule has 0 aliphatic rings. The number of hydrogen-bond donors (Lipinski definition) is 7. The smallest absolute Gasteiger partial charge is 0.126 e. The van der Waals surface area contributed by atoms with Crippen molar-refractivity contribution in [2.24, 2.45) is 0 Å². The fourth-order valence-corrected chi connectivity index (χ4v) is 2.26. The lowest BCUT2D eigenvalue weighted by atomic mass is 10.0. The summed E-state index contributed by atoms with van der Waals surface area (Å²) in [6.45, 7) is 1.85. The summed E-state index contributed by atoms with van der Waals surface area (Å²) in [5, 5.41) is 60.3. The van der Waals surface area contributed by atoms with Gasteiger partial charge in [0.05, 0.1) is 42.9 Å². The Kier molecular flexibility index (Phi) is 9.98. The van der Waals surface area contributed by atoms with E-state index in [4.69, 9.17) is 5.11 Å². The molecule has 0 amide bonds. The first-order valence-corrected chi connectivity index (χ1v) is 8.42. The maximum atomic E-state index is 10.2. The number of aliphatic hydroxyl groups is 6. The molecule has 144 valence electrons. The Morgan fingerprint density at radius 3 is 2.24 bits per heavy atom. The highest BCUT2D eigenvalue weighted by Crippen LogP contribution is 2.16. The molecule has 0 aromatic carbocycles. The van der Waals surface area contributed by atoms with Gasteiger partial charge in [-0.1, -0.05) is 13.3 Å². The van der Waals surface area contributed by atoms with Gasteiger partial charge in [0, 0.05) is 12.6 Å². The molecule has 0 spiro atoms. The lowest BCUT2D eigenvalue weighted by Gasteiger charge is -2.22. The Hall–Kier alpha value is -1.20. The van der Waals surface area contributed by atoms with E-state index >= 15 is 0 Å². The van der Waals surface area contributed by atoms with Crippen molar-refractivity contribution in [3.05, 3.63) is 23.8 Å². The van der Waals surface area contributed by atoms with E-state index in [0.717, 1.165) is 12.8 Å². The molecule has 0 radical (unpaired) electrons. The molecule has 0 bridgehead atoms. The summed E-state index contributed by atoms with van der Waals surface area (Å²) in [6.07, 6.45) is -0.724. The first-order chi connectivity index (χ1) is 11.9. The van der Waals surface area contributed by atoms with Gasteiger partial charge in [-0.3, -0.25) is 9.97 Å². The first kappa shape index (κ1) is 21.8. The van der Waals surface area contributed by atoms with Gasteiger partial charge in [-0.2, -0.15) is 0 Å². The maximum Gasteiger partial charge on any atom is 0.126 e. The van der Waals surface area contributed by atoms with E-state index in [0.29, 0.717) is 12.2 Å². The maximum absolute atomic E-state index is 10.2. The minimum Gasteiger partial charge on any atom is -0.395 e. The fraction of sp³-hybridized carbons (Fsp3) is 0.750. The number of aromatic nitrogens is 2. The SMILES string of the molecule is CCCCN[C@@H](CO)[C@H](O)Cc1cnc([C@@H](O)[C@H](O)[C@H](O)CO)cn1. The topological polar surface area (TPSA) is 159 Å². The van der Waals surface area contributed by atoms with E-state index in [2.05, 4.69) is 15.3 Å². The lowest BCUT2D eigenvalue weighted by molar-refractivity contribution is -0.0790. The summed E-state index contributed by atoms with van der Waals surface area (Å²) in [5.74, 6) is 0. The van der Waals surface area contributed by atoms with Crippen LogP contribution in [0.3, 0.4) is 0 Å². The van der Waals surface area contributed by atoms with E-state index in [1.165, 1.54) is 12.4 Å². The second kappa shape index (κ2) is 11.4. The van der Waals surface area contributed by atoms with Crippen LogP contribution in [0.15, 0.2) is 12.4 Å². The molecular formula is C16H29N3O6. The molecule has 0 aliphatic carbocycles. The summed E-state index contributed by atoms with van der Waals surface area (Å²) >= 11 is 0. The largest absolute Gasteiger partial charge is 0.395 e. The molecule has 25 heavy (non-hydrogen) atoms. The van der Waals surface area contributed by atoms with Crippen LogP contribution in [0.5, 0.6) is 0 Å². The van der Waals surface area contributed by atoms with Crippen LogP contribution in [0, 0.1) is 0 Å². The molecule has 5 atom stereocenters. The van der Waals surface area contributed by atoms with Crippen molar-refractivity contribution >= 4 is 0 Å². The van der Waals surface area contributed by atoms with Gasteiger partial charge in [-0.25, -0.2) is 0 Å². The minimum atomic E-state index is -1.59. The molecule has 9 nitrogen and oxygen atoms in total. The average molecular weight is 359 g/mol. The molecule has 1 rings (SSSR count). The quantitative estimate of drug-likeness (QED) is 0.207. The Bertz CT molecular complexity index is 475. The molecule has 0 fully saturated rings. The molecule has 0 saturated heterocycles. The van der Waals surface area contributed by atoms with Crippen molar-refractivity contribution in [3.63, 3.8) is 0 Å². The Labute approximate surface area is 147 Å². The van der Waals surface area contributed by atoms with E-state index in [1.54, 1.807) is 0 Å². The van der Waals surface area contributed by atoms with Gasteiger partial charge >= 0.3 is 0 Å². The number of nitrogens with zero attached hydrogens (tertiary/aromatic N) is 2. The van der Waals surface area contributed by atoms with Crippen LogP contribution in [-0.4, -0.2) is 84.7 Å². The molecule has 0 aliphatic heterocycles. The van der Waals surface area contributed by atoms with Gasteiger partial charge in [0.25, 0.3) is 0 Å². The number of rotatable bonds is 12. The molecule has 1 aromatic rings. The number of hydrogen-bond acceptors (Lipinski definition) is 9. The molecule has 9 heteroatoms. The molecule has 7 N–H and O–H groups in total. The second-order valence-electron chi connectivity index (χ2n) is 5.99. The van der Waals surface area contributed by atoms with Crippen molar-refractivity contribution in [1.29, 1.82) is 0 Å². The van der Waals surface area contributed by atoms with E-state index in [9.17, 15) is 25.5 Å². The summed E-state index contributed by atoms with van der Waals surface area (Å²) < 4.78 is 0. The van der Waals surface area contributed by atoms with Crippen LogP contribution in [0.4, 0.5) is 0 Å². The van der Waals surface area contributed by atoms with E-state index < -0.39 is 37.1 Å². The summed E-state index contributed by atoms with van der Waals surface area (Å²) in [5.41, 5.74) is 0.495. The van der Waals surface area contributed by atoms with Gasteiger partial charge in [0.2, 0.25) is 0 Å². The van der Waals surface area contributed by atoms with Crippen LogP contribution in [0.1, 0.15) is 37.3 Å². The van der Waals surface area contributed by atoms with Crippen molar-refractivity contribution < 1.29 is 30.6 Å². The molecule has 0 unspecified atom stereocenters. The van der Waals surface area contributed by atoms with Gasteiger partial charge in [-0.15, -0.1) is 0 Å². The zero-order chi connectivity index (χ0) is 18.8. The van der Waals surface area contributed by atoms with Crippen molar-refractivity contribution in [3.8, 4) is 0 Å². The van der Waals surface area contributed by atoms with Crippen LogP contribution in [0.25, 0.3) is 0 Å². The zero-order valence-corrected chi connectivity index (χ0v) is 14.4. The van der Waals surface area contributed by atoms with Gasteiger partial charge < -0.3 is 36.0 Å². The Morgan fingerprint density at radius 2 is 1.72 bits per heavy atom. The zero-order valence-electron chi connectivity index (χ0n) is 14.4. The van der Waals surface area contributed by atoms with Crippen LogP contribution in [0.2, 0.25) is 0 Å². The Morgan fingerprint density at radius 1 is 1.00 bits per heavy atom. The third-order valence-corrected chi connectivity index (χ3v) is 3.95. The minimum absolute atomic E-state index is 0.0398. The number of nitrogens with one attached hydrogen (secondary N) is 1. The molecular weight excluding hydrogens is 330 g/mol. The highest BCUT2D eigenvalue weighted by molar-refractivity contribution is 5.08. The van der Waals surface area contributed by atoms with Crippen molar-refractivity contribution in [2.75, 3.05) is 19.8 Å². The normalized spacial score (nSPS) is 17.7. The fourth-order valence-electron chi connectivity index (χ4n) is 2.26. The molecule has 1 heterocycles. The number of aliphatic hydroxyl groups excluding tert-OH is 6. The predicted octanol–water partition coefficient (Wildman–Crippen LogP) is -2.12. The molecule has 0 saturated carbocycles. The van der Waals surface area contributed by atoms with Crippen LogP contribution < -0.4 is 5.32 Å². The monoisotopic (exact) mass is 359 g/mol. The molecule has 1 aromatic heterocycles. The van der Waals surface area contributed by atoms with E-state index in [1.807, 2.05) is 6.92 Å². The third-order valence-electron chi connectivity index (χ3n) is 3.95. The van der Waals surface area contributed by atoms with Gasteiger partial charge in [0.1, 0.15) is 18.3 Å². The summed E-state index contributed by atoms with van der Waals surface area (Å²) in [4.78, 5) is 8.04. The second-order valence-corrected chi connectivity index (χ2v) is 5.99. The van der Waals surface area contributed by atoms with Gasteiger partial charge in [-0.05, 0) is 13.0 Å². The van der Waals surface area contributed by atoms with Crippen LogP contribution in [-0.2, 0) is 6.42 Å². The van der Waals surface area contributed by atoms with E-state index in [-0.39, 0.29) is 18.7 Å².